The number of nitriles is 1. The Morgan fingerprint density at radius 2 is 1.92 bits per heavy atom. The molecule has 25 heavy (non-hydrogen) atoms. The van der Waals surface area contributed by atoms with Crippen LogP contribution in [0.15, 0.2) is 45.5 Å². The summed E-state index contributed by atoms with van der Waals surface area (Å²) in [5, 5.41) is 11.8. The zero-order chi connectivity index (χ0) is 17.8. The highest BCUT2D eigenvalue weighted by Gasteiger charge is 2.22. The topological polar surface area (TPSA) is 72.3 Å². The van der Waals surface area contributed by atoms with Crippen LogP contribution in [-0.2, 0) is 0 Å². The van der Waals surface area contributed by atoms with E-state index in [-0.39, 0.29) is 6.03 Å². The first-order valence-corrected chi connectivity index (χ1v) is 9.27. The van der Waals surface area contributed by atoms with Crippen molar-refractivity contribution >= 4 is 49.4 Å². The summed E-state index contributed by atoms with van der Waals surface area (Å²) >= 11 is 6.84. The normalized spacial score (nSPS) is 14.1. The molecule has 0 spiro atoms. The predicted molar refractivity (Wildman–Crippen MR) is 104 cm³/mol. The number of anilines is 2. The van der Waals surface area contributed by atoms with Crippen LogP contribution in [-0.4, -0.2) is 42.1 Å². The molecule has 1 aliphatic heterocycles. The molecule has 0 saturated carbocycles. The highest BCUT2D eigenvalue weighted by molar-refractivity contribution is 9.11. The molecule has 2 amide bonds. The number of benzene rings is 1. The minimum atomic E-state index is -0.115. The lowest BCUT2D eigenvalue weighted by molar-refractivity contribution is 0.208. The predicted octanol–water partition coefficient (Wildman–Crippen LogP) is 3.83. The van der Waals surface area contributed by atoms with Crippen molar-refractivity contribution in [1.82, 2.24) is 9.88 Å². The molecule has 2 heterocycles. The van der Waals surface area contributed by atoms with Gasteiger partial charge in [0.15, 0.2) is 0 Å². The van der Waals surface area contributed by atoms with Crippen LogP contribution in [0.3, 0.4) is 0 Å². The lowest BCUT2D eigenvalue weighted by Crippen LogP contribution is -2.50. The molecule has 0 radical (unpaired) electrons. The van der Waals surface area contributed by atoms with Gasteiger partial charge in [0.1, 0.15) is 11.9 Å². The standard InChI is InChI=1S/C17H15Br2N5O/c18-13-2-3-15(14(19)9-13)22-17(25)24-7-5-23(6-8-24)16-4-1-12(10-20)11-21-16/h1-4,9,11H,5-8H2,(H,22,25). The van der Waals surface area contributed by atoms with E-state index in [1.165, 1.54) is 0 Å². The van der Waals surface area contributed by atoms with Crippen LogP contribution in [0.1, 0.15) is 5.56 Å². The summed E-state index contributed by atoms with van der Waals surface area (Å²) in [6.45, 7) is 2.63. The third-order valence-corrected chi connectivity index (χ3v) is 5.09. The zero-order valence-corrected chi connectivity index (χ0v) is 16.4. The first-order valence-electron chi connectivity index (χ1n) is 7.69. The maximum atomic E-state index is 12.4. The van der Waals surface area contributed by atoms with Gasteiger partial charge in [-0.25, -0.2) is 9.78 Å². The molecule has 0 bridgehead atoms. The Labute approximate surface area is 162 Å². The summed E-state index contributed by atoms with van der Waals surface area (Å²) in [5.74, 6) is 0.828. The second-order valence-corrected chi connectivity index (χ2v) is 7.32. The van der Waals surface area contributed by atoms with Gasteiger partial charge < -0.3 is 15.1 Å². The SMILES string of the molecule is N#Cc1ccc(N2CCN(C(=O)Nc3ccc(Br)cc3Br)CC2)nc1. The number of aromatic nitrogens is 1. The number of nitrogens with zero attached hydrogens (tertiary/aromatic N) is 4. The highest BCUT2D eigenvalue weighted by Crippen LogP contribution is 2.26. The molecule has 1 saturated heterocycles. The molecule has 0 unspecified atom stereocenters. The number of hydrogen-bond donors (Lipinski definition) is 1. The Morgan fingerprint density at radius 3 is 2.52 bits per heavy atom. The molecule has 128 valence electrons. The minimum Gasteiger partial charge on any atom is -0.353 e. The summed E-state index contributed by atoms with van der Waals surface area (Å²) in [4.78, 5) is 20.6. The Balaban J connectivity index is 1.57. The Kier molecular flexibility index (Phi) is 5.56. The molecule has 1 aromatic carbocycles. The molecule has 3 rings (SSSR count). The molecule has 1 aromatic heterocycles. The van der Waals surface area contributed by atoms with Crippen molar-refractivity contribution in [3.05, 3.63) is 51.0 Å². The second kappa shape index (κ2) is 7.85. The van der Waals surface area contributed by atoms with Crippen LogP contribution in [0.5, 0.6) is 0 Å². The number of carbonyl (C=O) groups excluding carboxylic acids is 1. The van der Waals surface area contributed by atoms with Crippen molar-refractivity contribution in [2.45, 2.75) is 0 Å². The summed E-state index contributed by atoms with van der Waals surface area (Å²) in [7, 11) is 0. The van der Waals surface area contributed by atoms with Crippen LogP contribution < -0.4 is 10.2 Å². The van der Waals surface area contributed by atoms with Crippen LogP contribution in [0, 0.1) is 11.3 Å². The number of urea groups is 1. The quantitative estimate of drug-likeness (QED) is 0.732. The van der Waals surface area contributed by atoms with E-state index in [9.17, 15) is 4.79 Å². The number of hydrogen-bond acceptors (Lipinski definition) is 4. The number of amides is 2. The summed E-state index contributed by atoms with van der Waals surface area (Å²) in [6, 6.07) is 11.2. The van der Waals surface area contributed by atoms with Crippen LogP contribution in [0.2, 0.25) is 0 Å². The molecular formula is C17H15Br2N5O. The van der Waals surface area contributed by atoms with Gasteiger partial charge in [0, 0.05) is 41.3 Å². The maximum absolute atomic E-state index is 12.4. The van der Waals surface area contributed by atoms with E-state index in [2.05, 4.69) is 53.1 Å². The first-order chi connectivity index (χ1) is 12.1. The van der Waals surface area contributed by atoms with E-state index in [1.54, 1.807) is 17.2 Å². The fourth-order valence-corrected chi connectivity index (χ4v) is 3.71. The minimum absolute atomic E-state index is 0.115. The molecule has 6 nitrogen and oxygen atoms in total. The van der Waals surface area contributed by atoms with E-state index in [1.807, 2.05) is 24.3 Å². The fraction of sp³-hybridized carbons (Fsp3) is 0.235. The van der Waals surface area contributed by atoms with Crippen molar-refractivity contribution in [2.24, 2.45) is 0 Å². The molecule has 1 fully saturated rings. The van der Waals surface area contributed by atoms with E-state index >= 15 is 0 Å². The third kappa shape index (κ3) is 4.30. The molecule has 1 aliphatic rings. The van der Waals surface area contributed by atoms with Crippen molar-refractivity contribution in [3.8, 4) is 6.07 Å². The van der Waals surface area contributed by atoms with Gasteiger partial charge in [-0.1, -0.05) is 15.9 Å². The number of pyridine rings is 1. The van der Waals surface area contributed by atoms with Gasteiger partial charge in [-0.15, -0.1) is 0 Å². The smallest absolute Gasteiger partial charge is 0.321 e. The van der Waals surface area contributed by atoms with Gasteiger partial charge in [0.05, 0.1) is 11.3 Å². The number of carbonyl (C=O) groups is 1. The molecular weight excluding hydrogens is 450 g/mol. The Bertz CT molecular complexity index is 811. The van der Waals surface area contributed by atoms with Crippen LogP contribution in [0.25, 0.3) is 0 Å². The summed E-state index contributed by atoms with van der Waals surface area (Å²) < 4.78 is 1.77. The number of rotatable bonds is 2. The number of nitrogens with one attached hydrogen (secondary N) is 1. The lowest BCUT2D eigenvalue weighted by atomic mass is 10.2. The van der Waals surface area contributed by atoms with Gasteiger partial charge in [0.25, 0.3) is 0 Å². The number of piperazine rings is 1. The van der Waals surface area contributed by atoms with E-state index in [0.29, 0.717) is 31.7 Å². The maximum Gasteiger partial charge on any atom is 0.321 e. The third-order valence-electron chi connectivity index (χ3n) is 3.94. The van der Waals surface area contributed by atoms with Crippen molar-refractivity contribution in [2.75, 3.05) is 36.4 Å². The zero-order valence-electron chi connectivity index (χ0n) is 13.2. The van der Waals surface area contributed by atoms with Crippen molar-refractivity contribution in [3.63, 3.8) is 0 Å². The van der Waals surface area contributed by atoms with E-state index in [0.717, 1.165) is 20.5 Å². The largest absolute Gasteiger partial charge is 0.353 e. The first kappa shape index (κ1) is 17.7. The summed E-state index contributed by atoms with van der Waals surface area (Å²) in [6.07, 6.45) is 1.57. The average molecular weight is 465 g/mol. The molecule has 8 heteroatoms. The molecule has 0 aliphatic carbocycles. The average Bonchev–Trinajstić information content (AvgIpc) is 2.64. The van der Waals surface area contributed by atoms with Crippen molar-refractivity contribution in [1.29, 1.82) is 5.26 Å². The molecule has 1 N–H and O–H groups in total. The Morgan fingerprint density at radius 1 is 1.16 bits per heavy atom. The van der Waals surface area contributed by atoms with Gasteiger partial charge in [0.2, 0.25) is 0 Å². The van der Waals surface area contributed by atoms with Crippen LogP contribution in [0.4, 0.5) is 16.3 Å². The van der Waals surface area contributed by atoms with Gasteiger partial charge in [-0.05, 0) is 46.3 Å². The Hall–Kier alpha value is -2.11. The highest BCUT2D eigenvalue weighted by atomic mass is 79.9. The second-order valence-electron chi connectivity index (χ2n) is 5.55. The van der Waals surface area contributed by atoms with E-state index in [4.69, 9.17) is 5.26 Å². The number of halogens is 2. The van der Waals surface area contributed by atoms with Gasteiger partial charge >= 0.3 is 6.03 Å². The fourth-order valence-electron chi connectivity index (χ4n) is 2.56. The monoisotopic (exact) mass is 463 g/mol. The lowest BCUT2D eigenvalue weighted by Gasteiger charge is -2.35. The summed E-state index contributed by atoms with van der Waals surface area (Å²) in [5.41, 5.74) is 1.28. The van der Waals surface area contributed by atoms with Crippen molar-refractivity contribution < 1.29 is 4.79 Å². The van der Waals surface area contributed by atoms with Crippen LogP contribution >= 0.6 is 31.9 Å². The molecule has 0 atom stereocenters. The molecule has 2 aromatic rings. The van der Waals surface area contributed by atoms with Gasteiger partial charge in [-0.2, -0.15) is 5.26 Å². The van der Waals surface area contributed by atoms with Gasteiger partial charge in [-0.3, -0.25) is 0 Å². The van der Waals surface area contributed by atoms with E-state index < -0.39 is 0 Å².